The Kier molecular flexibility index (Phi) is 6.23. The molecule has 2 heterocycles. The van der Waals surface area contributed by atoms with Crippen LogP contribution in [0.15, 0.2) is 18.5 Å². The van der Waals surface area contributed by atoms with Crippen LogP contribution in [0, 0.1) is 6.92 Å². The molecule has 0 unspecified atom stereocenters. The summed E-state index contributed by atoms with van der Waals surface area (Å²) in [7, 11) is 0. The minimum absolute atomic E-state index is 0. The molecule has 2 aromatic heterocycles. The van der Waals surface area contributed by atoms with Gasteiger partial charge in [-0.05, 0) is 33.8 Å². The number of rotatable bonds is 6. The second kappa shape index (κ2) is 7.45. The van der Waals surface area contributed by atoms with Crippen LogP contribution in [0.3, 0.4) is 0 Å². The van der Waals surface area contributed by atoms with Gasteiger partial charge in [-0.2, -0.15) is 10.2 Å². The van der Waals surface area contributed by atoms with Gasteiger partial charge in [-0.15, -0.1) is 12.4 Å². The Morgan fingerprint density at radius 2 is 2.05 bits per heavy atom. The first-order valence-corrected chi connectivity index (χ1v) is 6.87. The zero-order valence-corrected chi connectivity index (χ0v) is 13.4. The van der Waals surface area contributed by atoms with E-state index in [0.29, 0.717) is 6.04 Å². The van der Waals surface area contributed by atoms with Crippen molar-refractivity contribution in [2.75, 3.05) is 0 Å². The molecule has 6 heteroatoms. The second-order valence-electron chi connectivity index (χ2n) is 5.06. The zero-order valence-electron chi connectivity index (χ0n) is 12.6. The molecule has 0 aliphatic rings. The van der Waals surface area contributed by atoms with Crippen molar-refractivity contribution in [3.8, 4) is 0 Å². The fourth-order valence-corrected chi connectivity index (χ4v) is 2.17. The first-order valence-electron chi connectivity index (χ1n) is 6.87. The molecule has 0 atom stereocenters. The lowest BCUT2D eigenvalue weighted by atomic mass is 10.2. The molecule has 0 fully saturated rings. The Balaban J connectivity index is 0.00000200. The number of hydrogen-bond donors (Lipinski definition) is 1. The van der Waals surface area contributed by atoms with Crippen molar-refractivity contribution in [2.24, 2.45) is 0 Å². The molecule has 0 bridgehead atoms. The first kappa shape index (κ1) is 16.7. The third kappa shape index (κ3) is 3.84. The fraction of sp³-hybridized carbons (Fsp3) is 0.571. The predicted octanol–water partition coefficient (Wildman–Crippen LogP) is 2.70. The Morgan fingerprint density at radius 1 is 1.30 bits per heavy atom. The Labute approximate surface area is 126 Å². The van der Waals surface area contributed by atoms with Crippen molar-refractivity contribution < 1.29 is 0 Å². The molecular formula is C14H24ClN5. The number of hydrogen-bond acceptors (Lipinski definition) is 3. The van der Waals surface area contributed by atoms with Gasteiger partial charge in [-0.1, -0.05) is 0 Å². The monoisotopic (exact) mass is 297 g/mol. The van der Waals surface area contributed by atoms with Gasteiger partial charge >= 0.3 is 0 Å². The molecule has 20 heavy (non-hydrogen) atoms. The summed E-state index contributed by atoms with van der Waals surface area (Å²) in [6, 6.07) is 2.46. The molecule has 0 aromatic carbocycles. The minimum atomic E-state index is 0. The fourth-order valence-electron chi connectivity index (χ4n) is 2.17. The van der Waals surface area contributed by atoms with Crippen LogP contribution in [0.1, 0.15) is 43.8 Å². The van der Waals surface area contributed by atoms with Gasteiger partial charge < -0.3 is 5.32 Å². The van der Waals surface area contributed by atoms with E-state index in [1.54, 1.807) is 0 Å². The van der Waals surface area contributed by atoms with Crippen molar-refractivity contribution in [1.82, 2.24) is 24.9 Å². The molecule has 2 rings (SSSR count). The maximum Gasteiger partial charge on any atom is 0.0638 e. The standard InChI is InChI=1S/C14H23N5.ClH/c1-5-18-10-13(12(4)17-18)8-15-9-14-6-7-16-19(14)11(2)3;/h6-7,10-11,15H,5,8-9H2,1-4H3;1H. The number of halogens is 1. The summed E-state index contributed by atoms with van der Waals surface area (Å²) in [6.45, 7) is 11.0. The summed E-state index contributed by atoms with van der Waals surface area (Å²) >= 11 is 0. The molecule has 0 spiro atoms. The van der Waals surface area contributed by atoms with Gasteiger partial charge in [0.2, 0.25) is 0 Å². The van der Waals surface area contributed by atoms with E-state index < -0.39 is 0 Å². The second-order valence-corrected chi connectivity index (χ2v) is 5.06. The summed E-state index contributed by atoms with van der Waals surface area (Å²) in [5, 5.41) is 12.2. The molecule has 1 N–H and O–H groups in total. The Hall–Kier alpha value is -1.33. The molecule has 2 aromatic rings. The van der Waals surface area contributed by atoms with Crippen LogP contribution >= 0.6 is 12.4 Å². The summed E-state index contributed by atoms with van der Waals surface area (Å²) in [5.74, 6) is 0. The molecule has 0 saturated heterocycles. The molecule has 112 valence electrons. The molecule has 0 saturated carbocycles. The van der Waals surface area contributed by atoms with Gasteiger partial charge in [0.05, 0.1) is 11.4 Å². The third-order valence-corrected chi connectivity index (χ3v) is 3.23. The van der Waals surface area contributed by atoms with Crippen LogP contribution in [-0.2, 0) is 19.6 Å². The largest absolute Gasteiger partial charge is 0.307 e. The molecule has 0 aliphatic heterocycles. The van der Waals surface area contributed by atoms with Crippen LogP contribution in [0.25, 0.3) is 0 Å². The highest BCUT2D eigenvalue weighted by molar-refractivity contribution is 5.85. The quantitative estimate of drug-likeness (QED) is 0.892. The smallest absolute Gasteiger partial charge is 0.0638 e. The molecule has 0 aliphatic carbocycles. The van der Waals surface area contributed by atoms with Crippen molar-refractivity contribution in [2.45, 2.75) is 53.4 Å². The van der Waals surface area contributed by atoms with Gasteiger partial charge in [-0.25, -0.2) is 0 Å². The molecule has 5 nitrogen and oxygen atoms in total. The van der Waals surface area contributed by atoms with Gasteiger partial charge in [0.15, 0.2) is 0 Å². The van der Waals surface area contributed by atoms with E-state index in [1.807, 2.05) is 10.9 Å². The summed E-state index contributed by atoms with van der Waals surface area (Å²) in [6.07, 6.45) is 3.97. The number of aryl methyl sites for hydroxylation is 2. The van der Waals surface area contributed by atoms with Gasteiger partial charge in [0, 0.05) is 43.6 Å². The maximum absolute atomic E-state index is 4.45. The highest BCUT2D eigenvalue weighted by atomic mass is 35.5. The summed E-state index contributed by atoms with van der Waals surface area (Å²) in [4.78, 5) is 0. The number of aromatic nitrogens is 4. The van der Waals surface area contributed by atoms with Crippen LogP contribution in [0.2, 0.25) is 0 Å². The van der Waals surface area contributed by atoms with Crippen molar-refractivity contribution in [3.63, 3.8) is 0 Å². The number of nitrogens with zero attached hydrogens (tertiary/aromatic N) is 4. The van der Waals surface area contributed by atoms with Crippen LogP contribution in [-0.4, -0.2) is 19.6 Å². The van der Waals surface area contributed by atoms with Gasteiger partial charge in [0.1, 0.15) is 0 Å². The maximum atomic E-state index is 4.45. The van der Waals surface area contributed by atoms with Crippen molar-refractivity contribution in [1.29, 1.82) is 0 Å². The lowest BCUT2D eigenvalue weighted by molar-refractivity contribution is 0.495. The lowest BCUT2D eigenvalue weighted by Gasteiger charge is -2.11. The van der Waals surface area contributed by atoms with Crippen LogP contribution in [0.4, 0.5) is 0 Å². The highest BCUT2D eigenvalue weighted by Crippen LogP contribution is 2.09. The van der Waals surface area contributed by atoms with Crippen molar-refractivity contribution in [3.05, 3.63) is 35.4 Å². The van der Waals surface area contributed by atoms with Crippen molar-refractivity contribution >= 4 is 12.4 Å². The van der Waals surface area contributed by atoms with E-state index in [1.165, 1.54) is 11.3 Å². The predicted molar refractivity (Wildman–Crippen MR) is 83.0 cm³/mol. The Bertz CT molecular complexity index is 529. The molecular weight excluding hydrogens is 274 g/mol. The number of nitrogens with one attached hydrogen (secondary N) is 1. The van der Waals surface area contributed by atoms with Crippen LogP contribution in [0.5, 0.6) is 0 Å². The Morgan fingerprint density at radius 3 is 2.65 bits per heavy atom. The van der Waals surface area contributed by atoms with Crippen LogP contribution < -0.4 is 5.32 Å². The average Bonchev–Trinajstić information content (AvgIpc) is 2.97. The van der Waals surface area contributed by atoms with E-state index in [4.69, 9.17) is 0 Å². The molecule has 0 amide bonds. The van der Waals surface area contributed by atoms with E-state index in [0.717, 1.165) is 25.3 Å². The lowest BCUT2D eigenvalue weighted by Crippen LogP contribution is -2.17. The topological polar surface area (TPSA) is 47.7 Å². The third-order valence-electron chi connectivity index (χ3n) is 3.23. The SMILES string of the molecule is CCn1cc(CNCc2ccnn2C(C)C)c(C)n1.Cl. The van der Waals surface area contributed by atoms with E-state index in [2.05, 4.69) is 60.2 Å². The summed E-state index contributed by atoms with van der Waals surface area (Å²) < 4.78 is 4.03. The van der Waals surface area contributed by atoms with Gasteiger partial charge in [0.25, 0.3) is 0 Å². The normalized spacial score (nSPS) is 10.8. The van der Waals surface area contributed by atoms with E-state index >= 15 is 0 Å². The zero-order chi connectivity index (χ0) is 13.8. The molecule has 0 radical (unpaired) electrons. The first-order chi connectivity index (χ1) is 9.11. The minimum Gasteiger partial charge on any atom is -0.307 e. The average molecular weight is 298 g/mol. The van der Waals surface area contributed by atoms with E-state index in [9.17, 15) is 0 Å². The highest BCUT2D eigenvalue weighted by Gasteiger charge is 2.07. The van der Waals surface area contributed by atoms with Gasteiger partial charge in [-0.3, -0.25) is 9.36 Å². The summed E-state index contributed by atoms with van der Waals surface area (Å²) in [5.41, 5.74) is 3.58. The van der Waals surface area contributed by atoms with E-state index in [-0.39, 0.29) is 12.4 Å².